The van der Waals surface area contributed by atoms with Crippen LogP contribution in [0.5, 0.6) is 0 Å². The molecule has 158 valence electrons. The maximum atomic E-state index is 12.6. The van der Waals surface area contributed by atoms with E-state index >= 15 is 0 Å². The number of para-hydroxylation sites is 1. The largest absolute Gasteiger partial charge is 0.352 e. The Hall–Kier alpha value is -2.87. The minimum absolute atomic E-state index is 0.0564. The van der Waals surface area contributed by atoms with E-state index in [0.717, 1.165) is 15.7 Å². The van der Waals surface area contributed by atoms with E-state index in [1.807, 2.05) is 50.2 Å². The number of nitrogens with zero attached hydrogens (tertiary/aromatic N) is 1. The molecule has 3 rings (SSSR count). The van der Waals surface area contributed by atoms with Crippen molar-refractivity contribution >= 4 is 45.2 Å². The summed E-state index contributed by atoms with van der Waals surface area (Å²) in [5.74, 6) is -0.584. The van der Waals surface area contributed by atoms with Gasteiger partial charge in [0.15, 0.2) is 0 Å². The first-order chi connectivity index (χ1) is 14.3. The van der Waals surface area contributed by atoms with Crippen molar-refractivity contribution in [1.82, 2.24) is 10.6 Å². The summed E-state index contributed by atoms with van der Waals surface area (Å²) in [6.07, 6.45) is 0.195. The lowest BCUT2D eigenvalue weighted by atomic mass is 10.1. The van der Waals surface area contributed by atoms with Crippen LogP contribution in [0.15, 0.2) is 53.0 Å². The number of urea groups is 1. The molecule has 4 amide bonds. The molecule has 0 aromatic heterocycles. The fourth-order valence-corrected chi connectivity index (χ4v) is 3.75. The molecule has 30 heavy (non-hydrogen) atoms. The van der Waals surface area contributed by atoms with E-state index in [1.54, 1.807) is 17.0 Å². The third kappa shape index (κ3) is 5.60. The Kier molecular flexibility index (Phi) is 7.10. The van der Waals surface area contributed by atoms with E-state index in [-0.39, 0.29) is 36.2 Å². The molecular weight excluding hydrogens is 448 g/mol. The molecule has 1 heterocycles. The second kappa shape index (κ2) is 9.75. The molecule has 1 atom stereocenters. The third-order valence-corrected chi connectivity index (χ3v) is 5.41. The van der Waals surface area contributed by atoms with Crippen molar-refractivity contribution in [2.75, 3.05) is 16.8 Å². The molecule has 0 spiro atoms. The molecule has 2 aromatic rings. The molecule has 2 aromatic carbocycles. The molecule has 1 aliphatic rings. The number of amides is 4. The highest BCUT2D eigenvalue weighted by molar-refractivity contribution is 9.10. The highest BCUT2D eigenvalue weighted by atomic mass is 79.9. The summed E-state index contributed by atoms with van der Waals surface area (Å²) >= 11 is 3.46. The zero-order valence-corrected chi connectivity index (χ0v) is 18.5. The summed E-state index contributed by atoms with van der Waals surface area (Å²) in [5, 5.41) is 8.42. The van der Waals surface area contributed by atoms with Crippen molar-refractivity contribution in [2.24, 2.45) is 5.92 Å². The van der Waals surface area contributed by atoms with Crippen LogP contribution in [-0.2, 0) is 16.1 Å². The number of hydrogen-bond acceptors (Lipinski definition) is 3. The SMILES string of the molecule is CC(C)NC(=O)Nc1ccc(CNC(=O)C2CC(=O)N(c3ccccc3Br)C2)cc1. The number of carbonyl (C=O) groups is 3. The molecule has 0 radical (unpaired) electrons. The van der Waals surface area contributed by atoms with Crippen molar-refractivity contribution in [3.05, 3.63) is 58.6 Å². The predicted octanol–water partition coefficient (Wildman–Crippen LogP) is 3.65. The van der Waals surface area contributed by atoms with Gasteiger partial charge in [-0.2, -0.15) is 0 Å². The van der Waals surface area contributed by atoms with Gasteiger partial charge in [-0.3, -0.25) is 9.59 Å². The number of anilines is 2. The Balaban J connectivity index is 1.52. The first kappa shape index (κ1) is 21.8. The van der Waals surface area contributed by atoms with Crippen LogP contribution in [0.2, 0.25) is 0 Å². The van der Waals surface area contributed by atoms with E-state index in [4.69, 9.17) is 0 Å². The van der Waals surface area contributed by atoms with Gasteiger partial charge in [0.1, 0.15) is 0 Å². The van der Waals surface area contributed by atoms with Crippen LogP contribution in [0, 0.1) is 5.92 Å². The maximum Gasteiger partial charge on any atom is 0.319 e. The molecule has 1 fully saturated rings. The molecule has 0 saturated carbocycles. The smallest absolute Gasteiger partial charge is 0.319 e. The molecular formula is C22H25BrN4O3. The summed E-state index contributed by atoms with van der Waals surface area (Å²) in [6, 6.07) is 14.6. The van der Waals surface area contributed by atoms with Gasteiger partial charge in [-0.25, -0.2) is 4.79 Å². The van der Waals surface area contributed by atoms with Gasteiger partial charge in [0, 0.05) is 35.7 Å². The quantitative estimate of drug-likeness (QED) is 0.599. The monoisotopic (exact) mass is 472 g/mol. The topological polar surface area (TPSA) is 90.5 Å². The first-order valence-corrected chi connectivity index (χ1v) is 10.6. The summed E-state index contributed by atoms with van der Waals surface area (Å²) < 4.78 is 0.829. The predicted molar refractivity (Wildman–Crippen MR) is 120 cm³/mol. The number of benzene rings is 2. The number of hydrogen-bond donors (Lipinski definition) is 3. The Morgan fingerprint density at radius 2 is 1.83 bits per heavy atom. The van der Waals surface area contributed by atoms with Crippen LogP contribution in [0.3, 0.4) is 0 Å². The minimum Gasteiger partial charge on any atom is -0.352 e. The van der Waals surface area contributed by atoms with Gasteiger partial charge < -0.3 is 20.9 Å². The van der Waals surface area contributed by atoms with Crippen LogP contribution in [0.1, 0.15) is 25.8 Å². The number of nitrogens with one attached hydrogen (secondary N) is 3. The Bertz CT molecular complexity index is 930. The van der Waals surface area contributed by atoms with Crippen LogP contribution in [0.25, 0.3) is 0 Å². The first-order valence-electron chi connectivity index (χ1n) is 9.82. The maximum absolute atomic E-state index is 12.6. The third-order valence-electron chi connectivity index (χ3n) is 4.74. The van der Waals surface area contributed by atoms with Crippen molar-refractivity contribution < 1.29 is 14.4 Å². The lowest BCUT2D eigenvalue weighted by molar-refractivity contribution is -0.126. The number of halogens is 1. The van der Waals surface area contributed by atoms with Crippen LogP contribution < -0.4 is 20.9 Å². The van der Waals surface area contributed by atoms with Crippen molar-refractivity contribution in [3.8, 4) is 0 Å². The molecule has 3 N–H and O–H groups in total. The molecule has 0 aliphatic carbocycles. The minimum atomic E-state index is -0.384. The average molecular weight is 473 g/mol. The van der Waals surface area contributed by atoms with E-state index in [9.17, 15) is 14.4 Å². The molecule has 1 aliphatic heterocycles. The van der Waals surface area contributed by atoms with Gasteiger partial charge >= 0.3 is 6.03 Å². The van der Waals surface area contributed by atoms with Crippen molar-refractivity contribution in [1.29, 1.82) is 0 Å². The second-order valence-electron chi connectivity index (χ2n) is 7.52. The fourth-order valence-electron chi connectivity index (χ4n) is 3.26. The molecule has 7 nitrogen and oxygen atoms in total. The van der Waals surface area contributed by atoms with Gasteiger partial charge in [0.2, 0.25) is 11.8 Å². The summed E-state index contributed by atoms with van der Waals surface area (Å²) in [5.41, 5.74) is 2.36. The van der Waals surface area contributed by atoms with Crippen molar-refractivity contribution in [2.45, 2.75) is 32.9 Å². The Labute approximate surface area is 184 Å². The van der Waals surface area contributed by atoms with Gasteiger partial charge in [-0.15, -0.1) is 0 Å². The Morgan fingerprint density at radius 1 is 1.13 bits per heavy atom. The lowest BCUT2D eigenvalue weighted by Crippen LogP contribution is -2.34. The highest BCUT2D eigenvalue weighted by Gasteiger charge is 2.35. The fraction of sp³-hybridized carbons (Fsp3) is 0.318. The van der Waals surface area contributed by atoms with Crippen LogP contribution in [-0.4, -0.2) is 30.4 Å². The summed E-state index contributed by atoms with van der Waals surface area (Å²) in [6.45, 7) is 4.50. The van der Waals surface area contributed by atoms with E-state index in [1.165, 1.54) is 0 Å². The average Bonchev–Trinajstić information content (AvgIpc) is 3.08. The highest BCUT2D eigenvalue weighted by Crippen LogP contribution is 2.31. The van der Waals surface area contributed by atoms with E-state index in [2.05, 4.69) is 31.9 Å². The van der Waals surface area contributed by atoms with Crippen LogP contribution in [0.4, 0.5) is 16.2 Å². The molecule has 1 saturated heterocycles. The summed E-state index contributed by atoms with van der Waals surface area (Å²) in [7, 11) is 0. The van der Waals surface area contributed by atoms with Gasteiger partial charge in [-0.1, -0.05) is 24.3 Å². The zero-order valence-electron chi connectivity index (χ0n) is 16.9. The number of carbonyl (C=O) groups excluding carboxylic acids is 3. The summed E-state index contributed by atoms with van der Waals surface area (Å²) in [4.78, 5) is 38.4. The van der Waals surface area contributed by atoms with Crippen molar-refractivity contribution in [3.63, 3.8) is 0 Å². The standard InChI is InChI=1S/C22H25BrN4O3/c1-14(2)25-22(30)26-17-9-7-15(8-10-17)12-24-21(29)16-11-20(28)27(13-16)19-6-4-3-5-18(19)23/h3-10,14,16H,11-13H2,1-2H3,(H,24,29)(H2,25,26,30). The van der Waals surface area contributed by atoms with Crippen LogP contribution >= 0.6 is 15.9 Å². The molecule has 1 unspecified atom stereocenters. The van der Waals surface area contributed by atoms with Gasteiger partial charge in [0.05, 0.1) is 11.6 Å². The number of rotatable bonds is 6. The Morgan fingerprint density at radius 3 is 2.50 bits per heavy atom. The lowest BCUT2D eigenvalue weighted by Gasteiger charge is -2.18. The zero-order chi connectivity index (χ0) is 21.7. The van der Waals surface area contributed by atoms with Gasteiger partial charge in [-0.05, 0) is 59.6 Å². The molecule has 0 bridgehead atoms. The second-order valence-corrected chi connectivity index (χ2v) is 8.38. The van der Waals surface area contributed by atoms with E-state index in [0.29, 0.717) is 18.8 Å². The van der Waals surface area contributed by atoms with Gasteiger partial charge in [0.25, 0.3) is 0 Å². The normalized spacial score (nSPS) is 15.9. The molecule has 8 heteroatoms. The van der Waals surface area contributed by atoms with E-state index < -0.39 is 0 Å².